The first-order valence-electron chi connectivity index (χ1n) is 3.49. The molecule has 0 radical (unpaired) electrons. The highest BCUT2D eigenvalue weighted by molar-refractivity contribution is 5.66. The molecule has 0 atom stereocenters. The molecule has 1 aromatic heterocycles. The Morgan fingerprint density at radius 1 is 1.73 bits per heavy atom. The number of aromatic amines is 1. The number of hydrogen-bond acceptors (Lipinski definition) is 2. The van der Waals surface area contributed by atoms with Crippen LogP contribution in [0.3, 0.4) is 0 Å². The van der Waals surface area contributed by atoms with Crippen molar-refractivity contribution in [1.82, 2.24) is 10.2 Å². The monoisotopic (exact) mass is 154 g/mol. The third-order valence-electron chi connectivity index (χ3n) is 1.38. The summed E-state index contributed by atoms with van der Waals surface area (Å²) >= 11 is 0. The van der Waals surface area contributed by atoms with Crippen LogP contribution in [-0.4, -0.2) is 21.3 Å². The second kappa shape index (κ2) is 3.75. The second-order valence-electron chi connectivity index (χ2n) is 2.31. The number of carboxylic acid groups (broad SMARTS) is 1. The highest BCUT2D eigenvalue weighted by atomic mass is 16.4. The lowest BCUT2D eigenvalue weighted by atomic mass is 10.2. The molecule has 1 rings (SSSR count). The Morgan fingerprint density at radius 3 is 3.09 bits per heavy atom. The van der Waals surface area contributed by atoms with Crippen molar-refractivity contribution in [2.75, 3.05) is 0 Å². The van der Waals surface area contributed by atoms with Gasteiger partial charge in [0.2, 0.25) is 0 Å². The molecule has 0 bridgehead atoms. The normalized spacial score (nSPS) is 9.82. The first-order valence-corrected chi connectivity index (χ1v) is 3.49. The number of nitrogens with one attached hydrogen (secondary N) is 1. The van der Waals surface area contributed by atoms with E-state index in [1.54, 1.807) is 6.20 Å². The molecule has 0 aliphatic rings. The van der Waals surface area contributed by atoms with Crippen LogP contribution in [-0.2, 0) is 11.2 Å². The molecule has 0 saturated heterocycles. The lowest BCUT2D eigenvalue weighted by Crippen LogP contribution is -1.95. The molecule has 1 heterocycles. The third-order valence-corrected chi connectivity index (χ3v) is 1.38. The van der Waals surface area contributed by atoms with Gasteiger partial charge in [-0.1, -0.05) is 0 Å². The fraction of sp³-hybridized carbons (Fsp3) is 0.429. The molecule has 0 unspecified atom stereocenters. The number of aliphatic carboxylic acids is 1. The van der Waals surface area contributed by atoms with Crippen LogP contribution in [0, 0.1) is 0 Å². The smallest absolute Gasteiger partial charge is 0.303 e. The van der Waals surface area contributed by atoms with Crippen LogP contribution in [0.1, 0.15) is 18.5 Å². The first kappa shape index (κ1) is 7.78. The van der Waals surface area contributed by atoms with Gasteiger partial charge in [-0.2, -0.15) is 5.10 Å². The molecule has 0 amide bonds. The summed E-state index contributed by atoms with van der Waals surface area (Å²) in [6.07, 6.45) is 3.33. The Hall–Kier alpha value is -1.32. The van der Waals surface area contributed by atoms with Crippen molar-refractivity contribution in [1.29, 1.82) is 0 Å². The molecular formula is C7H10N2O2. The molecule has 2 N–H and O–H groups in total. The summed E-state index contributed by atoms with van der Waals surface area (Å²) in [4.78, 5) is 10.1. The van der Waals surface area contributed by atoms with E-state index in [0.29, 0.717) is 6.42 Å². The summed E-state index contributed by atoms with van der Waals surface area (Å²) in [5.41, 5.74) is 0.922. The van der Waals surface area contributed by atoms with Gasteiger partial charge in [0.05, 0.1) is 5.69 Å². The molecule has 4 nitrogen and oxygen atoms in total. The minimum absolute atomic E-state index is 0.215. The van der Waals surface area contributed by atoms with Gasteiger partial charge in [-0.15, -0.1) is 0 Å². The number of carbonyl (C=O) groups is 1. The zero-order chi connectivity index (χ0) is 8.10. The van der Waals surface area contributed by atoms with Crippen LogP contribution in [0.15, 0.2) is 12.3 Å². The van der Waals surface area contributed by atoms with Gasteiger partial charge in [-0.3, -0.25) is 9.89 Å². The number of nitrogens with zero attached hydrogens (tertiary/aromatic N) is 1. The van der Waals surface area contributed by atoms with Crippen molar-refractivity contribution < 1.29 is 9.90 Å². The van der Waals surface area contributed by atoms with Gasteiger partial charge in [-0.05, 0) is 18.9 Å². The first-order chi connectivity index (χ1) is 5.29. The lowest BCUT2D eigenvalue weighted by molar-refractivity contribution is -0.137. The number of carboxylic acids is 1. The Balaban J connectivity index is 2.19. The minimum Gasteiger partial charge on any atom is -0.481 e. The van der Waals surface area contributed by atoms with Gasteiger partial charge < -0.3 is 5.11 Å². The maximum absolute atomic E-state index is 10.1. The summed E-state index contributed by atoms with van der Waals surface area (Å²) in [5, 5.41) is 14.9. The quantitative estimate of drug-likeness (QED) is 0.674. The van der Waals surface area contributed by atoms with Crippen LogP contribution in [0.4, 0.5) is 0 Å². The van der Waals surface area contributed by atoms with Crippen molar-refractivity contribution in [3.8, 4) is 0 Å². The minimum atomic E-state index is -0.750. The highest BCUT2D eigenvalue weighted by Crippen LogP contribution is 1.99. The van der Waals surface area contributed by atoms with Crippen molar-refractivity contribution in [2.24, 2.45) is 0 Å². The number of aromatic nitrogens is 2. The number of H-pyrrole nitrogens is 1. The molecule has 1 aromatic rings. The largest absolute Gasteiger partial charge is 0.481 e. The Bertz CT molecular complexity index is 218. The van der Waals surface area contributed by atoms with E-state index in [4.69, 9.17) is 5.11 Å². The summed E-state index contributed by atoms with van der Waals surface area (Å²) in [5.74, 6) is -0.750. The maximum Gasteiger partial charge on any atom is 0.303 e. The molecule has 0 aliphatic heterocycles. The molecule has 0 saturated carbocycles. The van der Waals surface area contributed by atoms with Gasteiger partial charge in [0.15, 0.2) is 0 Å². The van der Waals surface area contributed by atoms with Crippen LogP contribution in [0.5, 0.6) is 0 Å². The number of rotatable bonds is 4. The van der Waals surface area contributed by atoms with Crippen LogP contribution >= 0.6 is 0 Å². The molecular weight excluding hydrogens is 144 g/mol. The summed E-state index contributed by atoms with van der Waals surface area (Å²) in [6, 6.07) is 1.85. The fourth-order valence-electron chi connectivity index (χ4n) is 0.851. The van der Waals surface area contributed by atoms with Crippen LogP contribution in [0.2, 0.25) is 0 Å². The molecule has 0 fully saturated rings. The topological polar surface area (TPSA) is 66.0 Å². The van der Waals surface area contributed by atoms with Crippen molar-refractivity contribution in [3.63, 3.8) is 0 Å². The van der Waals surface area contributed by atoms with E-state index in [9.17, 15) is 4.79 Å². The second-order valence-corrected chi connectivity index (χ2v) is 2.31. The van der Waals surface area contributed by atoms with E-state index in [-0.39, 0.29) is 6.42 Å². The summed E-state index contributed by atoms with van der Waals surface area (Å²) in [7, 11) is 0. The predicted octanol–water partition coefficient (Wildman–Crippen LogP) is 0.817. The SMILES string of the molecule is O=C(O)CCCc1cc[nH]n1. The molecule has 0 spiro atoms. The zero-order valence-electron chi connectivity index (χ0n) is 6.08. The predicted molar refractivity (Wildman–Crippen MR) is 39.2 cm³/mol. The average molecular weight is 154 g/mol. The van der Waals surface area contributed by atoms with Crippen LogP contribution < -0.4 is 0 Å². The Kier molecular flexibility index (Phi) is 2.66. The van der Waals surface area contributed by atoms with E-state index >= 15 is 0 Å². The average Bonchev–Trinajstić information content (AvgIpc) is 2.39. The summed E-state index contributed by atoms with van der Waals surface area (Å²) < 4.78 is 0. The molecule has 11 heavy (non-hydrogen) atoms. The fourth-order valence-corrected chi connectivity index (χ4v) is 0.851. The molecule has 0 aromatic carbocycles. The molecule has 4 heteroatoms. The highest BCUT2D eigenvalue weighted by Gasteiger charge is 1.98. The van der Waals surface area contributed by atoms with Gasteiger partial charge in [0, 0.05) is 12.6 Å². The van der Waals surface area contributed by atoms with Gasteiger partial charge >= 0.3 is 5.97 Å². The summed E-state index contributed by atoms with van der Waals surface area (Å²) in [6.45, 7) is 0. The number of hydrogen-bond donors (Lipinski definition) is 2. The van der Waals surface area contributed by atoms with E-state index in [1.807, 2.05) is 6.07 Å². The van der Waals surface area contributed by atoms with E-state index in [1.165, 1.54) is 0 Å². The standard InChI is InChI=1S/C7H10N2O2/c10-7(11)3-1-2-6-4-5-8-9-6/h4-5H,1-3H2,(H,8,9)(H,10,11). The molecule has 60 valence electrons. The van der Waals surface area contributed by atoms with Crippen molar-refractivity contribution in [3.05, 3.63) is 18.0 Å². The molecule has 0 aliphatic carbocycles. The van der Waals surface area contributed by atoms with Gasteiger partial charge in [-0.25, -0.2) is 0 Å². The van der Waals surface area contributed by atoms with Crippen LogP contribution in [0.25, 0.3) is 0 Å². The van der Waals surface area contributed by atoms with E-state index in [0.717, 1.165) is 12.1 Å². The Labute approximate surface area is 64.2 Å². The maximum atomic E-state index is 10.1. The zero-order valence-corrected chi connectivity index (χ0v) is 6.08. The third kappa shape index (κ3) is 2.84. The van der Waals surface area contributed by atoms with Crippen molar-refractivity contribution >= 4 is 5.97 Å². The lowest BCUT2D eigenvalue weighted by Gasteiger charge is -1.91. The Morgan fingerprint density at radius 2 is 2.55 bits per heavy atom. The van der Waals surface area contributed by atoms with E-state index in [2.05, 4.69) is 10.2 Å². The van der Waals surface area contributed by atoms with Gasteiger partial charge in [0.25, 0.3) is 0 Å². The van der Waals surface area contributed by atoms with E-state index < -0.39 is 5.97 Å². The number of aryl methyl sites for hydroxylation is 1. The van der Waals surface area contributed by atoms with Crippen molar-refractivity contribution in [2.45, 2.75) is 19.3 Å². The van der Waals surface area contributed by atoms with Gasteiger partial charge in [0.1, 0.15) is 0 Å².